The van der Waals surface area contributed by atoms with Gasteiger partial charge < -0.3 is 24.8 Å². The Kier molecular flexibility index (Phi) is 13.8. The van der Waals surface area contributed by atoms with Crippen LogP contribution in [0, 0.1) is 20.8 Å². The SMILES string of the molecule is Cc1sc2c(c1C)C(c1ccc(Cl)cc1)=N[C@@H](CC(=O)Nc1ccc(OCCOCCOCCNc3ccc(-c4ccc5c(c4)CC(=O)C5)cn3)cc1)c1nnc(C)n1-2.S. The highest BCUT2D eigenvalue weighted by Crippen LogP contribution is 2.40. The molecular formula is C45H46ClN7O5S2. The third-order valence-electron chi connectivity index (χ3n) is 10.4. The Balaban J connectivity index is 0.00000544. The molecule has 3 aromatic carbocycles. The molecule has 0 spiro atoms. The number of pyridine rings is 1. The van der Waals surface area contributed by atoms with Crippen LogP contribution in [0.2, 0.25) is 5.02 Å². The second kappa shape index (κ2) is 19.3. The Hall–Kier alpha value is -5.38. The molecule has 0 saturated heterocycles. The molecule has 0 saturated carbocycles. The van der Waals surface area contributed by atoms with E-state index in [4.69, 9.17) is 30.8 Å². The minimum absolute atomic E-state index is 0. The van der Waals surface area contributed by atoms with E-state index >= 15 is 0 Å². The molecule has 0 unspecified atom stereocenters. The maximum Gasteiger partial charge on any atom is 0.227 e. The number of ketones is 1. The zero-order valence-electron chi connectivity index (χ0n) is 33.6. The van der Waals surface area contributed by atoms with Crippen molar-refractivity contribution in [2.24, 2.45) is 4.99 Å². The normalized spacial score (nSPS) is 14.0. The number of thiophene rings is 1. The summed E-state index contributed by atoms with van der Waals surface area (Å²) >= 11 is 7.91. The average molecular weight is 864 g/mol. The number of hydrogen-bond acceptors (Lipinski definition) is 11. The van der Waals surface area contributed by atoms with E-state index in [0.717, 1.165) is 61.3 Å². The van der Waals surface area contributed by atoms with Crippen molar-refractivity contribution in [1.29, 1.82) is 0 Å². The molecule has 4 heterocycles. The number of rotatable bonds is 16. The second-order valence-corrected chi connectivity index (χ2v) is 16.1. The van der Waals surface area contributed by atoms with Crippen LogP contribution >= 0.6 is 36.4 Å². The van der Waals surface area contributed by atoms with E-state index in [9.17, 15) is 9.59 Å². The molecule has 12 nitrogen and oxygen atoms in total. The predicted octanol–water partition coefficient (Wildman–Crippen LogP) is 8.19. The van der Waals surface area contributed by atoms with Crippen molar-refractivity contribution in [1.82, 2.24) is 19.7 Å². The Morgan fingerprint density at radius 1 is 0.850 bits per heavy atom. The van der Waals surface area contributed by atoms with Gasteiger partial charge in [0.15, 0.2) is 5.82 Å². The summed E-state index contributed by atoms with van der Waals surface area (Å²) in [6, 6.07) is 24.5. The number of ether oxygens (including phenoxy) is 3. The van der Waals surface area contributed by atoms with Crippen molar-refractivity contribution in [3.63, 3.8) is 0 Å². The number of amides is 1. The predicted molar refractivity (Wildman–Crippen MR) is 241 cm³/mol. The van der Waals surface area contributed by atoms with E-state index in [1.807, 2.05) is 84.4 Å². The van der Waals surface area contributed by atoms with Gasteiger partial charge in [0.25, 0.3) is 0 Å². The second-order valence-electron chi connectivity index (χ2n) is 14.5. The van der Waals surface area contributed by atoms with Crippen LogP contribution in [-0.4, -0.2) is 76.7 Å². The molecule has 0 bridgehead atoms. The third kappa shape index (κ3) is 9.80. The van der Waals surface area contributed by atoms with Gasteiger partial charge in [-0.2, -0.15) is 13.5 Å². The number of aryl methyl sites for hydroxylation is 2. The van der Waals surface area contributed by atoms with Crippen LogP contribution in [0.1, 0.15) is 56.8 Å². The van der Waals surface area contributed by atoms with E-state index in [0.29, 0.717) is 74.7 Å². The van der Waals surface area contributed by atoms with Crippen molar-refractivity contribution in [3.8, 4) is 21.9 Å². The summed E-state index contributed by atoms with van der Waals surface area (Å²) in [6.07, 6.45) is 2.98. The highest BCUT2D eigenvalue weighted by atomic mass is 35.5. The van der Waals surface area contributed by atoms with Gasteiger partial charge in [-0.15, -0.1) is 21.5 Å². The number of aromatic nitrogens is 4. The van der Waals surface area contributed by atoms with E-state index in [1.165, 1.54) is 4.88 Å². The molecule has 2 N–H and O–H groups in total. The summed E-state index contributed by atoms with van der Waals surface area (Å²) in [5.74, 6) is 2.88. The molecule has 1 aliphatic heterocycles. The first-order valence-corrected chi connectivity index (χ1v) is 20.8. The highest BCUT2D eigenvalue weighted by Gasteiger charge is 2.32. The molecule has 0 radical (unpaired) electrons. The van der Waals surface area contributed by atoms with Crippen LogP contribution in [0.15, 0.2) is 90.1 Å². The maximum atomic E-state index is 13.5. The van der Waals surface area contributed by atoms with Gasteiger partial charge in [-0.25, -0.2) is 4.98 Å². The van der Waals surface area contributed by atoms with Gasteiger partial charge in [-0.05, 0) is 91.6 Å². The van der Waals surface area contributed by atoms with Crippen molar-refractivity contribution >= 4 is 65.3 Å². The number of halogens is 1. The first-order valence-electron chi connectivity index (χ1n) is 19.6. The van der Waals surface area contributed by atoms with Gasteiger partial charge in [0.1, 0.15) is 40.8 Å². The third-order valence-corrected chi connectivity index (χ3v) is 11.8. The van der Waals surface area contributed by atoms with Crippen LogP contribution in [0.5, 0.6) is 5.75 Å². The van der Waals surface area contributed by atoms with Crippen LogP contribution in [0.3, 0.4) is 0 Å². The quantitative estimate of drug-likeness (QED) is 0.0922. The molecule has 6 aromatic rings. The van der Waals surface area contributed by atoms with Gasteiger partial charge in [0, 0.05) is 57.9 Å². The zero-order valence-corrected chi connectivity index (χ0v) is 36.2. The average Bonchev–Trinajstić information content (AvgIpc) is 3.87. The number of nitrogens with zero attached hydrogens (tertiary/aromatic N) is 5. The van der Waals surface area contributed by atoms with E-state index in [2.05, 4.69) is 51.8 Å². The first-order chi connectivity index (χ1) is 28.7. The largest absolute Gasteiger partial charge is 0.491 e. The fourth-order valence-electron chi connectivity index (χ4n) is 7.25. The smallest absolute Gasteiger partial charge is 0.227 e. The molecule has 1 amide bonds. The van der Waals surface area contributed by atoms with Crippen LogP contribution in [0.4, 0.5) is 11.5 Å². The molecule has 8 rings (SSSR count). The lowest BCUT2D eigenvalue weighted by Crippen LogP contribution is -2.17. The van der Waals surface area contributed by atoms with E-state index in [-0.39, 0.29) is 31.6 Å². The number of benzene rings is 3. The maximum absolute atomic E-state index is 13.5. The summed E-state index contributed by atoms with van der Waals surface area (Å²) in [4.78, 5) is 36.2. The summed E-state index contributed by atoms with van der Waals surface area (Å²) in [6.45, 7) is 8.94. The van der Waals surface area contributed by atoms with Gasteiger partial charge in [-0.3, -0.25) is 19.1 Å². The van der Waals surface area contributed by atoms with Crippen LogP contribution in [-0.2, 0) is 31.9 Å². The number of nitrogens with one attached hydrogen (secondary N) is 2. The van der Waals surface area contributed by atoms with Crippen molar-refractivity contribution in [2.45, 2.75) is 46.1 Å². The van der Waals surface area contributed by atoms with Crippen LogP contribution in [0.25, 0.3) is 16.1 Å². The minimum Gasteiger partial charge on any atom is -0.491 e. The van der Waals surface area contributed by atoms with Gasteiger partial charge in [0.2, 0.25) is 5.91 Å². The molecule has 1 aliphatic carbocycles. The van der Waals surface area contributed by atoms with E-state index in [1.54, 1.807) is 11.3 Å². The summed E-state index contributed by atoms with van der Waals surface area (Å²) in [5.41, 5.74) is 8.85. The summed E-state index contributed by atoms with van der Waals surface area (Å²) in [7, 11) is 0. The fourth-order valence-corrected chi connectivity index (χ4v) is 8.59. The van der Waals surface area contributed by atoms with Gasteiger partial charge in [-0.1, -0.05) is 41.9 Å². The van der Waals surface area contributed by atoms with Crippen molar-refractivity contribution in [2.75, 3.05) is 50.2 Å². The lowest BCUT2D eigenvalue weighted by atomic mass is 9.99. The minimum atomic E-state index is -0.566. The Morgan fingerprint density at radius 2 is 1.57 bits per heavy atom. The van der Waals surface area contributed by atoms with Crippen molar-refractivity contribution in [3.05, 3.63) is 134 Å². The molecule has 15 heteroatoms. The first kappa shape index (κ1) is 42.7. The van der Waals surface area contributed by atoms with E-state index < -0.39 is 6.04 Å². The summed E-state index contributed by atoms with van der Waals surface area (Å²) in [5, 5.41) is 16.8. The standard InChI is InChI=1S/C45H44ClN7O5S.H2S/c1-27-28(2)59-45-42(27)43(30-6-9-35(46)10-7-30)50-39(44-52-51-29(3)53(44)45)25-41(55)49-36-11-13-38(14-12-36)58-21-20-57-19-18-56-17-16-47-40-15-8-33(26-48-40)31-4-5-32-23-37(54)24-34(32)22-31;/h4-15,22,26,39H,16-21,23-25H2,1-3H3,(H,47,48)(H,49,55);1H2/t39-;/m0./s1. The summed E-state index contributed by atoms with van der Waals surface area (Å²) < 4.78 is 19.3. The topological polar surface area (TPSA) is 142 Å². The Morgan fingerprint density at radius 3 is 2.33 bits per heavy atom. The number of hydrogen-bond donors (Lipinski definition) is 2. The van der Waals surface area contributed by atoms with Crippen LogP contribution < -0.4 is 15.4 Å². The molecule has 2 aliphatic rings. The lowest BCUT2D eigenvalue weighted by molar-refractivity contribution is -0.117. The zero-order chi connectivity index (χ0) is 40.9. The Labute approximate surface area is 364 Å². The van der Waals surface area contributed by atoms with Gasteiger partial charge >= 0.3 is 0 Å². The number of aliphatic imine (C=N–C) groups is 1. The molecule has 1 atom stereocenters. The number of carbonyl (C=O) groups is 2. The number of anilines is 2. The lowest BCUT2D eigenvalue weighted by Gasteiger charge is -2.13. The molecule has 0 fully saturated rings. The highest BCUT2D eigenvalue weighted by molar-refractivity contribution is 7.59. The molecule has 60 heavy (non-hydrogen) atoms. The van der Waals surface area contributed by atoms with Gasteiger partial charge in [0.05, 0.1) is 38.6 Å². The van der Waals surface area contributed by atoms with Crippen molar-refractivity contribution < 1.29 is 23.8 Å². The Bertz CT molecular complexity index is 2500. The molecule has 3 aromatic heterocycles. The fraction of sp³-hybridized carbons (Fsp3) is 0.289. The monoisotopic (exact) mass is 863 g/mol. The number of fused-ring (bicyclic) bond motifs is 4. The molecule has 310 valence electrons. The molecular weight excluding hydrogens is 818 g/mol. The number of carbonyl (C=O) groups excluding carboxylic acids is 2. The number of Topliss-reactive ketones (excluding diaryl/α,β-unsaturated/α-hetero) is 1.